The first kappa shape index (κ1) is 28.3. The van der Waals surface area contributed by atoms with E-state index in [1.807, 2.05) is 91.0 Å². The molecule has 3 aromatic rings. The monoisotopic (exact) mass is 591 g/mol. The van der Waals surface area contributed by atoms with Gasteiger partial charge in [0.1, 0.15) is 24.4 Å². The second kappa shape index (κ2) is 13.0. The van der Waals surface area contributed by atoms with E-state index in [0.717, 1.165) is 16.7 Å². The Kier molecular flexibility index (Phi) is 9.43. The van der Waals surface area contributed by atoms with E-state index in [-0.39, 0.29) is 19.8 Å². The Morgan fingerprint density at radius 3 is 1.87 bits per heavy atom. The number of halogens is 3. The Bertz CT molecular complexity index is 1200. The van der Waals surface area contributed by atoms with Crippen molar-refractivity contribution in [3.05, 3.63) is 108 Å². The zero-order chi connectivity index (χ0) is 27.2. The molecule has 7 nitrogen and oxygen atoms in total. The Balaban J connectivity index is 1.44. The number of rotatable bonds is 8. The van der Waals surface area contributed by atoms with Gasteiger partial charge in [-0.2, -0.15) is 0 Å². The van der Waals surface area contributed by atoms with Crippen LogP contribution in [-0.4, -0.2) is 47.0 Å². The lowest BCUT2D eigenvalue weighted by molar-refractivity contribution is -0.363. The lowest BCUT2D eigenvalue weighted by Crippen LogP contribution is -2.64. The average molecular weight is 593 g/mol. The number of nitrogens with one attached hydrogen (secondary N) is 1. The normalized spacial score (nSPS) is 26.9. The van der Waals surface area contributed by atoms with Crippen molar-refractivity contribution in [1.29, 1.82) is 5.41 Å². The molecule has 10 heteroatoms. The molecule has 0 aliphatic carbocycles. The second-order valence-corrected chi connectivity index (χ2v) is 11.5. The lowest BCUT2D eigenvalue weighted by Gasteiger charge is -2.48. The zero-order valence-electron chi connectivity index (χ0n) is 20.8. The van der Waals surface area contributed by atoms with Crippen molar-refractivity contribution in [2.24, 2.45) is 0 Å². The summed E-state index contributed by atoms with van der Waals surface area (Å²) in [6, 6.07) is 29.1. The van der Waals surface area contributed by atoms with Crippen LogP contribution in [0.4, 0.5) is 0 Å². The smallest absolute Gasteiger partial charge is 0.265 e. The Labute approximate surface area is 242 Å². The predicted molar refractivity (Wildman–Crippen MR) is 148 cm³/mol. The number of ether oxygens (including phenoxy) is 6. The number of benzene rings is 3. The first-order valence-corrected chi connectivity index (χ1v) is 13.6. The largest absolute Gasteiger partial charge is 0.445 e. The fourth-order valence-electron chi connectivity index (χ4n) is 4.50. The topological polar surface area (TPSA) is 79.2 Å². The molecule has 4 unspecified atom stereocenters. The van der Waals surface area contributed by atoms with E-state index >= 15 is 0 Å². The van der Waals surface area contributed by atoms with Gasteiger partial charge in [0.15, 0.2) is 6.29 Å². The van der Waals surface area contributed by atoms with Crippen LogP contribution in [-0.2, 0) is 41.6 Å². The van der Waals surface area contributed by atoms with Crippen LogP contribution < -0.4 is 0 Å². The third kappa shape index (κ3) is 7.31. The van der Waals surface area contributed by atoms with E-state index in [0.29, 0.717) is 0 Å². The average Bonchev–Trinajstić information content (AvgIpc) is 2.96. The fraction of sp³-hybridized carbons (Fsp3) is 0.345. The molecule has 0 aromatic heterocycles. The summed E-state index contributed by atoms with van der Waals surface area (Å²) in [6.45, 7) is 0.716. The molecule has 0 saturated carbocycles. The molecule has 2 aliphatic rings. The molecular formula is C29H28Cl3NO6. The number of alkyl halides is 3. The predicted octanol–water partition coefficient (Wildman–Crippen LogP) is 6.36. The molecule has 2 aliphatic heterocycles. The fourth-order valence-corrected chi connectivity index (χ4v) is 4.64. The molecule has 0 bridgehead atoms. The minimum Gasteiger partial charge on any atom is -0.445 e. The summed E-state index contributed by atoms with van der Waals surface area (Å²) in [5.41, 5.74) is 2.78. The van der Waals surface area contributed by atoms with E-state index < -0.39 is 46.7 Å². The highest BCUT2D eigenvalue weighted by atomic mass is 35.6. The van der Waals surface area contributed by atoms with Crippen molar-refractivity contribution in [3.63, 3.8) is 0 Å². The van der Waals surface area contributed by atoms with Gasteiger partial charge in [0.05, 0.1) is 19.8 Å². The molecule has 1 N–H and O–H groups in total. The van der Waals surface area contributed by atoms with Crippen LogP contribution in [0.5, 0.6) is 0 Å². The van der Waals surface area contributed by atoms with Crippen LogP contribution in [0.2, 0.25) is 0 Å². The van der Waals surface area contributed by atoms with Gasteiger partial charge in [-0.15, -0.1) is 0 Å². The van der Waals surface area contributed by atoms with Gasteiger partial charge in [-0.05, 0) is 11.1 Å². The molecule has 2 heterocycles. The summed E-state index contributed by atoms with van der Waals surface area (Å²) in [5.74, 6) is -0.592. The number of fused-ring (bicyclic) bond motifs is 1. The lowest BCUT2D eigenvalue weighted by atomic mass is 9.97. The van der Waals surface area contributed by atoms with Gasteiger partial charge < -0.3 is 28.4 Å². The minimum atomic E-state index is -2.08. The molecule has 0 amide bonds. The van der Waals surface area contributed by atoms with Gasteiger partial charge in [0, 0.05) is 5.56 Å². The number of hydrogen-bond acceptors (Lipinski definition) is 7. The summed E-state index contributed by atoms with van der Waals surface area (Å²) < 4.78 is 35.2. The number of hydrogen-bond donors (Lipinski definition) is 1. The summed E-state index contributed by atoms with van der Waals surface area (Å²) in [4.78, 5) is 0. The molecule has 0 radical (unpaired) electrons. The quantitative estimate of drug-likeness (QED) is 0.186. The third-order valence-corrected chi connectivity index (χ3v) is 6.93. The van der Waals surface area contributed by atoms with Crippen molar-refractivity contribution in [2.45, 2.75) is 54.0 Å². The summed E-state index contributed by atoms with van der Waals surface area (Å²) in [5, 5.41) is 8.18. The molecule has 206 valence electrons. The Morgan fingerprint density at radius 1 is 0.769 bits per heavy atom. The molecule has 2 saturated heterocycles. The van der Waals surface area contributed by atoms with Crippen molar-refractivity contribution in [3.8, 4) is 0 Å². The van der Waals surface area contributed by atoms with Gasteiger partial charge >= 0.3 is 0 Å². The van der Waals surface area contributed by atoms with Crippen molar-refractivity contribution < 1.29 is 28.4 Å². The maximum atomic E-state index is 8.18. The standard InChI is InChI=1S/C29H28Cl3NO6/c30-29(31,32)28(33)39-27-25(35-17-20-12-6-2-7-13-20)24(34-16-19-10-4-1-5-11-19)23-22(37-27)18-36-26(38-23)21-14-8-3-9-15-21/h1-15,22-27,33H,16-18H2/t22?,23-,24?,25?,26?,27+/m1/s1. The highest BCUT2D eigenvalue weighted by Gasteiger charge is 2.53. The molecule has 6 atom stereocenters. The Hall–Kier alpha value is -2.20. The van der Waals surface area contributed by atoms with Gasteiger partial charge in [0.2, 0.25) is 12.2 Å². The van der Waals surface area contributed by atoms with Crippen LogP contribution in [0.25, 0.3) is 0 Å². The van der Waals surface area contributed by atoms with Gasteiger partial charge in [-0.1, -0.05) is 126 Å². The highest BCUT2D eigenvalue weighted by Crippen LogP contribution is 2.38. The molecule has 3 aromatic carbocycles. The maximum absolute atomic E-state index is 8.18. The molecular weight excluding hydrogens is 565 g/mol. The molecule has 2 fully saturated rings. The second-order valence-electron chi connectivity index (χ2n) is 9.19. The van der Waals surface area contributed by atoms with Gasteiger partial charge in [0.25, 0.3) is 3.79 Å². The van der Waals surface area contributed by atoms with Crippen LogP contribution in [0.15, 0.2) is 91.0 Å². The highest BCUT2D eigenvalue weighted by molar-refractivity contribution is 6.76. The van der Waals surface area contributed by atoms with Crippen LogP contribution in [0, 0.1) is 5.41 Å². The first-order valence-electron chi connectivity index (χ1n) is 12.5. The van der Waals surface area contributed by atoms with E-state index in [4.69, 9.17) is 68.6 Å². The maximum Gasteiger partial charge on any atom is 0.265 e. The summed E-state index contributed by atoms with van der Waals surface area (Å²) in [6.07, 6.45) is -4.41. The van der Waals surface area contributed by atoms with Crippen LogP contribution in [0.1, 0.15) is 23.0 Å². The van der Waals surface area contributed by atoms with E-state index in [9.17, 15) is 0 Å². The van der Waals surface area contributed by atoms with Crippen LogP contribution >= 0.6 is 34.8 Å². The third-order valence-electron chi connectivity index (χ3n) is 6.42. The van der Waals surface area contributed by atoms with Crippen molar-refractivity contribution in [1.82, 2.24) is 0 Å². The van der Waals surface area contributed by atoms with E-state index in [1.54, 1.807) is 0 Å². The molecule has 5 rings (SSSR count). The van der Waals surface area contributed by atoms with Gasteiger partial charge in [-0.3, -0.25) is 5.41 Å². The van der Waals surface area contributed by atoms with Crippen LogP contribution in [0.3, 0.4) is 0 Å². The molecule has 39 heavy (non-hydrogen) atoms. The SMILES string of the molecule is N=C(O[C@@H]1OC2COC(c3ccccc3)O[C@H]2C(OCc2ccccc2)C1OCc1ccccc1)C(Cl)(Cl)Cl. The van der Waals surface area contributed by atoms with Crippen molar-refractivity contribution >= 4 is 40.7 Å². The minimum absolute atomic E-state index is 0.196. The molecule has 0 spiro atoms. The summed E-state index contributed by atoms with van der Waals surface area (Å²) >= 11 is 17.8. The Morgan fingerprint density at radius 2 is 1.31 bits per heavy atom. The first-order chi connectivity index (χ1) is 18.9. The summed E-state index contributed by atoms with van der Waals surface area (Å²) in [7, 11) is 0. The van der Waals surface area contributed by atoms with E-state index in [2.05, 4.69) is 0 Å². The zero-order valence-corrected chi connectivity index (χ0v) is 23.1. The van der Waals surface area contributed by atoms with Gasteiger partial charge in [-0.25, -0.2) is 0 Å². The van der Waals surface area contributed by atoms with E-state index in [1.165, 1.54) is 0 Å². The van der Waals surface area contributed by atoms with Crippen molar-refractivity contribution in [2.75, 3.05) is 6.61 Å².